The van der Waals surface area contributed by atoms with Gasteiger partial charge in [0, 0.05) is 0 Å². The number of hydrogen-bond donors (Lipinski definition) is 0. The van der Waals surface area contributed by atoms with E-state index in [1.165, 1.54) is 0 Å². The van der Waals surface area contributed by atoms with E-state index in [1.807, 2.05) is 37.8 Å². The fourth-order valence-corrected chi connectivity index (χ4v) is 2.90. The number of hydrogen-bond acceptors (Lipinski definition) is 4. The summed E-state index contributed by atoms with van der Waals surface area (Å²) in [4.78, 5) is 12.4. The second-order valence-corrected chi connectivity index (χ2v) is 10.4. The van der Waals surface area contributed by atoms with Crippen molar-refractivity contribution < 1.29 is 18.7 Å². The molecule has 1 aromatic carbocycles. The number of ether oxygens (including phenoxy) is 2. The van der Waals surface area contributed by atoms with Crippen molar-refractivity contribution in [1.29, 1.82) is 0 Å². The van der Waals surface area contributed by atoms with Gasteiger partial charge in [-0.3, -0.25) is 4.79 Å². The molecular weight excluding hydrogens is 284 g/mol. The van der Waals surface area contributed by atoms with E-state index in [9.17, 15) is 4.79 Å². The Morgan fingerprint density at radius 1 is 1.14 bits per heavy atom. The second kappa shape index (κ2) is 7.50. The van der Waals surface area contributed by atoms with Crippen LogP contribution in [0, 0.1) is 0 Å². The van der Waals surface area contributed by atoms with Crippen LogP contribution in [0.25, 0.3) is 0 Å². The molecule has 0 amide bonds. The molecule has 0 aliphatic rings. The molecule has 1 aromatic rings. The first-order valence-corrected chi connectivity index (χ1v) is 10.7. The van der Waals surface area contributed by atoms with Crippen molar-refractivity contribution in [2.45, 2.75) is 45.3 Å². The van der Waals surface area contributed by atoms with Crippen LogP contribution < -0.4 is 9.47 Å². The maximum absolute atomic E-state index is 12.4. The van der Waals surface area contributed by atoms with Crippen LogP contribution in [0.2, 0.25) is 19.6 Å². The standard InChI is InChI=1S/C16H26O4Si/c1-7-8-13(16(17)20-21(4,5)6)12-9-10-14(18-2)15(11-12)19-3/h9-11,13H,7-8H2,1-6H3. The highest BCUT2D eigenvalue weighted by Gasteiger charge is 2.28. The first-order valence-electron chi connectivity index (χ1n) is 7.27. The van der Waals surface area contributed by atoms with E-state index in [0.717, 1.165) is 18.4 Å². The maximum Gasteiger partial charge on any atom is 0.300 e. The molecule has 0 N–H and O–H groups in total. The molecule has 4 nitrogen and oxygen atoms in total. The van der Waals surface area contributed by atoms with Crippen LogP contribution in [0.5, 0.6) is 11.5 Å². The van der Waals surface area contributed by atoms with E-state index >= 15 is 0 Å². The zero-order valence-electron chi connectivity index (χ0n) is 13.9. The number of carbonyl (C=O) groups excluding carboxylic acids is 1. The number of methoxy groups -OCH3 is 2. The predicted molar refractivity (Wildman–Crippen MR) is 86.6 cm³/mol. The predicted octanol–water partition coefficient (Wildman–Crippen LogP) is 3.97. The lowest BCUT2D eigenvalue weighted by atomic mass is 9.94. The SMILES string of the molecule is CCCC(C(=O)O[Si](C)(C)C)c1ccc(OC)c(OC)c1. The van der Waals surface area contributed by atoms with Gasteiger partial charge in [0.15, 0.2) is 11.5 Å². The summed E-state index contributed by atoms with van der Waals surface area (Å²) in [6.45, 7) is 8.11. The molecular formula is C16H26O4Si. The lowest BCUT2D eigenvalue weighted by Crippen LogP contribution is -2.32. The Hall–Kier alpha value is -1.49. The number of rotatable bonds is 7. The van der Waals surface area contributed by atoms with Gasteiger partial charge in [0.2, 0.25) is 8.32 Å². The quantitative estimate of drug-likeness (QED) is 0.715. The van der Waals surface area contributed by atoms with E-state index in [0.29, 0.717) is 11.5 Å². The molecule has 0 radical (unpaired) electrons. The molecule has 0 fully saturated rings. The highest BCUT2D eigenvalue weighted by Crippen LogP contribution is 2.33. The Morgan fingerprint density at radius 3 is 2.24 bits per heavy atom. The average molecular weight is 310 g/mol. The molecule has 118 valence electrons. The summed E-state index contributed by atoms with van der Waals surface area (Å²) in [5.41, 5.74) is 0.915. The molecule has 21 heavy (non-hydrogen) atoms. The second-order valence-electron chi connectivity index (χ2n) is 5.99. The summed E-state index contributed by atoms with van der Waals surface area (Å²) in [6, 6.07) is 5.61. The molecule has 5 heteroatoms. The summed E-state index contributed by atoms with van der Waals surface area (Å²) in [7, 11) is 1.30. The zero-order valence-corrected chi connectivity index (χ0v) is 14.9. The molecule has 0 heterocycles. The molecule has 0 saturated heterocycles. The summed E-state index contributed by atoms with van der Waals surface area (Å²) < 4.78 is 16.2. The normalized spacial score (nSPS) is 12.7. The largest absolute Gasteiger partial charge is 0.519 e. The molecule has 0 saturated carbocycles. The van der Waals surface area contributed by atoms with Crippen LogP contribution in [0.3, 0.4) is 0 Å². The minimum atomic E-state index is -1.89. The van der Waals surface area contributed by atoms with E-state index < -0.39 is 8.32 Å². The minimum Gasteiger partial charge on any atom is -0.519 e. The first-order chi connectivity index (χ1) is 9.82. The van der Waals surface area contributed by atoms with Gasteiger partial charge >= 0.3 is 0 Å². The highest BCUT2D eigenvalue weighted by atomic mass is 28.4. The van der Waals surface area contributed by atoms with Crippen molar-refractivity contribution in [2.75, 3.05) is 14.2 Å². The first kappa shape index (κ1) is 17.6. The molecule has 0 aliphatic carbocycles. The van der Waals surface area contributed by atoms with Crippen LogP contribution in [-0.4, -0.2) is 28.5 Å². The van der Waals surface area contributed by atoms with Gasteiger partial charge in [-0.2, -0.15) is 0 Å². The maximum atomic E-state index is 12.4. The Balaban J connectivity index is 3.08. The van der Waals surface area contributed by atoms with Gasteiger partial charge in [-0.1, -0.05) is 19.4 Å². The lowest BCUT2D eigenvalue weighted by Gasteiger charge is -2.23. The Morgan fingerprint density at radius 2 is 1.76 bits per heavy atom. The van der Waals surface area contributed by atoms with Crippen LogP contribution >= 0.6 is 0 Å². The molecule has 1 unspecified atom stereocenters. The summed E-state index contributed by atoms with van der Waals surface area (Å²) in [6.07, 6.45) is 1.68. The molecule has 0 spiro atoms. The third-order valence-corrected chi connectivity index (χ3v) is 3.89. The van der Waals surface area contributed by atoms with Gasteiger partial charge in [-0.15, -0.1) is 0 Å². The summed E-state index contributed by atoms with van der Waals surface area (Å²) >= 11 is 0. The van der Waals surface area contributed by atoms with Crippen molar-refractivity contribution in [3.63, 3.8) is 0 Å². The van der Waals surface area contributed by atoms with E-state index in [1.54, 1.807) is 14.2 Å². The van der Waals surface area contributed by atoms with Crippen molar-refractivity contribution in [3.8, 4) is 11.5 Å². The number of carbonyl (C=O) groups is 1. The smallest absolute Gasteiger partial charge is 0.300 e. The van der Waals surface area contributed by atoms with Gasteiger partial charge < -0.3 is 13.9 Å². The Labute approximate surface area is 128 Å². The van der Waals surface area contributed by atoms with E-state index in [4.69, 9.17) is 13.9 Å². The van der Waals surface area contributed by atoms with Crippen LogP contribution in [-0.2, 0) is 9.22 Å². The third kappa shape index (κ3) is 5.08. The van der Waals surface area contributed by atoms with Gasteiger partial charge in [-0.05, 0) is 43.8 Å². The Kier molecular flexibility index (Phi) is 6.27. The van der Waals surface area contributed by atoms with Crippen LogP contribution in [0.1, 0.15) is 31.2 Å². The summed E-state index contributed by atoms with van der Waals surface area (Å²) in [5, 5.41) is 0. The topological polar surface area (TPSA) is 44.8 Å². The monoisotopic (exact) mass is 310 g/mol. The van der Waals surface area contributed by atoms with Crippen LogP contribution in [0.4, 0.5) is 0 Å². The lowest BCUT2D eigenvalue weighted by molar-refractivity contribution is -0.137. The van der Waals surface area contributed by atoms with Gasteiger partial charge in [0.1, 0.15) is 0 Å². The minimum absolute atomic E-state index is 0.136. The van der Waals surface area contributed by atoms with E-state index in [2.05, 4.69) is 6.92 Å². The highest BCUT2D eigenvalue weighted by molar-refractivity contribution is 6.71. The fourth-order valence-electron chi connectivity index (χ4n) is 2.15. The van der Waals surface area contributed by atoms with Crippen molar-refractivity contribution in [3.05, 3.63) is 23.8 Å². The van der Waals surface area contributed by atoms with Crippen molar-refractivity contribution in [2.24, 2.45) is 0 Å². The van der Waals surface area contributed by atoms with Crippen LogP contribution in [0.15, 0.2) is 18.2 Å². The molecule has 0 bridgehead atoms. The molecule has 1 atom stereocenters. The van der Waals surface area contributed by atoms with E-state index in [-0.39, 0.29) is 11.9 Å². The third-order valence-electron chi connectivity index (χ3n) is 3.08. The molecule has 0 aromatic heterocycles. The molecule has 1 rings (SSSR count). The van der Waals surface area contributed by atoms with Crippen molar-refractivity contribution >= 4 is 14.3 Å². The van der Waals surface area contributed by atoms with Gasteiger partial charge in [-0.25, -0.2) is 0 Å². The zero-order chi connectivity index (χ0) is 16.0. The fraction of sp³-hybridized carbons (Fsp3) is 0.562. The van der Waals surface area contributed by atoms with Crippen molar-refractivity contribution in [1.82, 2.24) is 0 Å². The van der Waals surface area contributed by atoms with Gasteiger partial charge in [0.25, 0.3) is 5.97 Å². The number of benzene rings is 1. The van der Waals surface area contributed by atoms with Gasteiger partial charge in [0.05, 0.1) is 20.1 Å². The summed E-state index contributed by atoms with van der Waals surface area (Å²) in [5.74, 6) is 0.914. The molecule has 0 aliphatic heterocycles. The average Bonchev–Trinajstić information content (AvgIpc) is 2.42. The Bertz CT molecular complexity index is 480.